The lowest BCUT2D eigenvalue weighted by molar-refractivity contribution is 0.565. The van der Waals surface area contributed by atoms with Crippen molar-refractivity contribution >= 4 is 10.0 Å². The maximum Gasteiger partial charge on any atom is 0.241 e. The van der Waals surface area contributed by atoms with Crippen LogP contribution < -0.4 is 4.72 Å². The molecule has 1 N–H and O–H groups in total. The van der Waals surface area contributed by atoms with Crippen LogP contribution >= 0.6 is 0 Å². The standard InChI is InChI=1S/C19H25NO2S/c1-12-7-8-13(2)19(9-12)23(21,22)20-17(6)18-11-15(4)14(3)10-16(18)5/h7-11,17,20H,1-6H3/t17-/m1/s1. The molecule has 2 aromatic carbocycles. The van der Waals surface area contributed by atoms with Gasteiger partial charge in [-0.05, 0) is 81.0 Å². The molecule has 0 saturated carbocycles. The second kappa shape index (κ2) is 6.46. The van der Waals surface area contributed by atoms with Gasteiger partial charge in [0.2, 0.25) is 10.0 Å². The molecule has 1 atom stereocenters. The first-order valence-electron chi connectivity index (χ1n) is 7.79. The average Bonchev–Trinajstić information content (AvgIpc) is 2.44. The lowest BCUT2D eigenvalue weighted by Gasteiger charge is -2.19. The highest BCUT2D eigenvalue weighted by atomic mass is 32.2. The number of hydrogen-bond acceptors (Lipinski definition) is 2. The number of hydrogen-bond donors (Lipinski definition) is 1. The third-order valence-corrected chi connectivity index (χ3v) is 6.00. The highest BCUT2D eigenvalue weighted by Crippen LogP contribution is 2.24. The van der Waals surface area contributed by atoms with E-state index in [-0.39, 0.29) is 6.04 Å². The summed E-state index contributed by atoms with van der Waals surface area (Å²) in [6.07, 6.45) is 0. The van der Waals surface area contributed by atoms with Crippen LogP contribution in [0.5, 0.6) is 0 Å². The fourth-order valence-corrected chi connectivity index (χ4v) is 4.36. The zero-order valence-corrected chi connectivity index (χ0v) is 15.5. The normalized spacial score (nSPS) is 13.1. The Balaban J connectivity index is 2.37. The van der Waals surface area contributed by atoms with E-state index in [1.165, 1.54) is 11.1 Å². The molecule has 0 saturated heterocycles. The Kier molecular flexibility index (Phi) is 4.97. The lowest BCUT2D eigenvalue weighted by atomic mass is 9.97. The van der Waals surface area contributed by atoms with E-state index in [2.05, 4.69) is 23.8 Å². The quantitative estimate of drug-likeness (QED) is 0.909. The largest absolute Gasteiger partial charge is 0.241 e. The summed E-state index contributed by atoms with van der Waals surface area (Å²) >= 11 is 0. The van der Waals surface area contributed by atoms with E-state index in [1.54, 1.807) is 6.07 Å². The van der Waals surface area contributed by atoms with E-state index in [0.29, 0.717) is 4.90 Å². The molecule has 2 aromatic rings. The van der Waals surface area contributed by atoms with Crippen LogP contribution in [0.4, 0.5) is 0 Å². The van der Waals surface area contributed by atoms with Crippen molar-refractivity contribution in [1.82, 2.24) is 4.72 Å². The summed E-state index contributed by atoms with van der Waals surface area (Å²) in [4.78, 5) is 0.353. The van der Waals surface area contributed by atoms with Crippen LogP contribution in [0.2, 0.25) is 0 Å². The maximum absolute atomic E-state index is 12.7. The molecule has 0 spiro atoms. The summed E-state index contributed by atoms with van der Waals surface area (Å²) in [5, 5.41) is 0. The second-order valence-electron chi connectivity index (χ2n) is 6.40. The summed E-state index contributed by atoms with van der Waals surface area (Å²) < 4.78 is 28.3. The van der Waals surface area contributed by atoms with Crippen molar-refractivity contribution in [2.24, 2.45) is 0 Å². The van der Waals surface area contributed by atoms with Crippen molar-refractivity contribution in [3.05, 3.63) is 63.7 Å². The van der Waals surface area contributed by atoms with E-state index in [0.717, 1.165) is 22.3 Å². The van der Waals surface area contributed by atoms with Crippen molar-refractivity contribution in [3.63, 3.8) is 0 Å². The van der Waals surface area contributed by atoms with Crippen molar-refractivity contribution < 1.29 is 8.42 Å². The predicted molar refractivity (Wildman–Crippen MR) is 95.3 cm³/mol. The summed E-state index contributed by atoms with van der Waals surface area (Å²) in [7, 11) is -3.55. The number of benzene rings is 2. The number of rotatable bonds is 4. The lowest BCUT2D eigenvalue weighted by Crippen LogP contribution is -2.28. The molecule has 124 valence electrons. The van der Waals surface area contributed by atoms with Crippen LogP contribution in [-0.2, 0) is 10.0 Å². The maximum atomic E-state index is 12.7. The van der Waals surface area contributed by atoms with E-state index in [9.17, 15) is 8.42 Å². The molecule has 4 heteroatoms. The molecule has 2 rings (SSSR count). The highest BCUT2D eigenvalue weighted by molar-refractivity contribution is 7.89. The Hall–Kier alpha value is -1.65. The molecule has 0 radical (unpaired) electrons. The van der Waals surface area contributed by atoms with Gasteiger partial charge in [-0.15, -0.1) is 0 Å². The molecule has 0 aromatic heterocycles. The van der Waals surface area contributed by atoms with Crippen LogP contribution in [0.1, 0.15) is 46.3 Å². The summed E-state index contributed by atoms with van der Waals surface area (Å²) in [6, 6.07) is 9.38. The van der Waals surface area contributed by atoms with E-state index < -0.39 is 10.0 Å². The minimum atomic E-state index is -3.55. The van der Waals surface area contributed by atoms with Gasteiger partial charge in [-0.1, -0.05) is 24.3 Å². The van der Waals surface area contributed by atoms with Crippen LogP contribution in [0.3, 0.4) is 0 Å². The number of sulfonamides is 1. The SMILES string of the molecule is Cc1ccc(C)c(S(=O)(=O)N[C@H](C)c2cc(C)c(C)cc2C)c1. The van der Waals surface area contributed by atoms with Gasteiger partial charge in [0.15, 0.2) is 0 Å². The van der Waals surface area contributed by atoms with Crippen LogP contribution in [0.25, 0.3) is 0 Å². The first-order chi connectivity index (χ1) is 10.6. The van der Waals surface area contributed by atoms with Gasteiger partial charge in [0.1, 0.15) is 0 Å². The van der Waals surface area contributed by atoms with Crippen molar-refractivity contribution in [3.8, 4) is 0 Å². The minimum absolute atomic E-state index is 0.279. The third kappa shape index (κ3) is 3.82. The van der Waals surface area contributed by atoms with Gasteiger partial charge in [-0.2, -0.15) is 0 Å². The average molecular weight is 331 g/mol. The molecule has 3 nitrogen and oxygen atoms in total. The molecule has 0 aliphatic carbocycles. The van der Waals surface area contributed by atoms with Gasteiger partial charge in [-0.25, -0.2) is 13.1 Å². The smallest absolute Gasteiger partial charge is 0.207 e. The zero-order valence-electron chi connectivity index (χ0n) is 14.7. The number of aryl methyl sites for hydroxylation is 5. The molecule has 0 aliphatic heterocycles. The Morgan fingerprint density at radius 1 is 0.826 bits per heavy atom. The van der Waals surface area contributed by atoms with Gasteiger partial charge in [0.05, 0.1) is 4.90 Å². The van der Waals surface area contributed by atoms with Crippen molar-refractivity contribution in [1.29, 1.82) is 0 Å². The Bertz CT molecular complexity index is 839. The molecule has 0 bridgehead atoms. The fraction of sp³-hybridized carbons (Fsp3) is 0.368. The topological polar surface area (TPSA) is 46.2 Å². The van der Waals surface area contributed by atoms with Crippen molar-refractivity contribution in [2.45, 2.75) is 52.5 Å². The van der Waals surface area contributed by atoms with Gasteiger partial charge in [-0.3, -0.25) is 0 Å². The summed E-state index contributed by atoms with van der Waals surface area (Å²) in [5.74, 6) is 0. The third-order valence-electron chi connectivity index (χ3n) is 4.31. The van der Waals surface area contributed by atoms with E-state index in [1.807, 2.05) is 46.8 Å². The second-order valence-corrected chi connectivity index (χ2v) is 8.09. The summed E-state index contributed by atoms with van der Waals surface area (Å²) in [6.45, 7) is 11.7. The van der Waals surface area contributed by atoms with E-state index in [4.69, 9.17) is 0 Å². The molecule has 0 unspecified atom stereocenters. The minimum Gasteiger partial charge on any atom is -0.207 e. The van der Waals surface area contributed by atoms with Crippen LogP contribution in [0, 0.1) is 34.6 Å². The van der Waals surface area contributed by atoms with E-state index >= 15 is 0 Å². The van der Waals surface area contributed by atoms with Crippen LogP contribution in [-0.4, -0.2) is 8.42 Å². The van der Waals surface area contributed by atoms with Gasteiger partial charge < -0.3 is 0 Å². The Labute approximate surface area is 139 Å². The Morgan fingerprint density at radius 2 is 1.43 bits per heavy atom. The molecule has 0 amide bonds. The monoisotopic (exact) mass is 331 g/mol. The summed E-state index contributed by atoms with van der Waals surface area (Å²) in [5.41, 5.74) is 6.20. The fourth-order valence-electron chi connectivity index (χ4n) is 2.81. The number of nitrogens with one attached hydrogen (secondary N) is 1. The molecular formula is C19H25NO2S. The van der Waals surface area contributed by atoms with Gasteiger partial charge in [0.25, 0.3) is 0 Å². The first-order valence-corrected chi connectivity index (χ1v) is 9.27. The predicted octanol–water partition coefficient (Wildman–Crippen LogP) is 4.27. The van der Waals surface area contributed by atoms with Crippen molar-refractivity contribution in [2.75, 3.05) is 0 Å². The molecule has 0 aliphatic rings. The Morgan fingerprint density at radius 3 is 2.09 bits per heavy atom. The molecular weight excluding hydrogens is 306 g/mol. The molecule has 0 fully saturated rings. The highest BCUT2D eigenvalue weighted by Gasteiger charge is 2.21. The van der Waals surface area contributed by atoms with Gasteiger partial charge >= 0.3 is 0 Å². The molecule has 0 heterocycles. The van der Waals surface area contributed by atoms with Gasteiger partial charge in [0, 0.05) is 6.04 Å². The first kappa shape index (κ1) is 17.7. The van der Waals surface area contributed by atoms with Crippen LogP contribution in [0.15, 0.2) is 35.2 Å². The molecule has 23 heavy (non-hydrogen) atoms. The zero-order chi connectivity index (χ0) is 17.4.